The number of rotatable bonds is 8. The summed E-state index contributed by atoms with van der Waals surface area (Å²) in [6.45, 7) is 2.16. The summed E-state index contributed by atoms with van der Waals surface area (Å²) in [6.07, 6.45) is 0.761. The van der Waals surface area contributed by atoms with Gasteiger partial charge in [0.05, 0.1) is 4.92 Å². The second kappa shape index (κ2) is 9.46. The minimum absolute atomic E-state index is 0.0404. The van der Waals surface area contributed by atoms with Gasteiger partial charge in [-0.1, -0.05) is 31.2 Å². The highest BCUT2D eigenvalue weighted by atomic mass is 16.6. The number of nitro benzene ring substituents is 1. The van der Waals surface area contributed by atoms with E-state index in [-0.39, 0.29) is 30.1 Å². The van der Waals surface area contributed by atoms with Crippen molar-refractivity contribution in [1.82, 2.24) is 9.97 Å². The van der Waals surface area contributed by atoms with Crippen LogP contribution in [-0.2, 0) is 11.2 Å². The van der Waals surface area contributed by atoms with E-state index in [0.29, 0.717) is 34.9 Å². The van der Waals surface area contributed by atoms with Gasteiger partial charge in [0, 0.05) is 42.0 Å². The van der Waals surface area contributed by atoms with Crippen molar-refractivity contribution in [1.29, 1.82) is 0 Å². The van der Waals surface area contributed by atoms with Crippen molar-refractivity contribution in [3.63, 3.8) is 0 Å². The number of hydrogen-bond donors (Lipinski definition) is 3. The summed E-state index contributed by atoms with van der Waals surface area (Å²) >= 11 is 0. The number of anilines is 2. The third kappa shape index (κ3) is 5.28. The van der Waals surface area contributed by atoms with Gasteiger partial charge in [-0.15, -0.1) is 0 Å². The number of benzene rings is 2. The van der Waals surface area contributed by atoms with Crippen LogP contribution in [0.15, 0.2) is 59.4 Å². The SMILES string of the molecule is CCc1cc(=O)[nH]c(-c2cccc(NC(=O)CCNc3ccccc3[N+](=O)[O-])c2)n1. The van der Waals surface area contributed by atoms with Crippen molar-refractivity contribution in [3.8, 4) is 11.4 Å². The highest BCUT2D eigenvalue weighted by Gasteiger charge is 2.12. The van der Waals surface area contributed by atoms with Gasteiger partial charge in [-0.2, -0.15) is 0 Å². The first-order chi connectivity index (χ1) is 14.5. The topological polar surface area (TPSA) is 130 Å². The number of amides is 1. The number of nitrogens with one attached hydrogen (secondary N) is 3. The van der Waals surface area contributed by atoms with Gasteiger partial charge in [-0.3, -0.25) is 19.7 Å². The molecule has 3 rings (SSSR count). The van der Waals surface area contributed by atoms with E-state index in [2.05, 4.69) is 20.6 Å². The molecule has 0 aliphatic rings. The van der Waals surface area contributed by atoms with Crippen LogP contribution in [0, 0.1) is 10.1 Å². The summed E-state index contributed by atoms with van der Waals surface area (Å²) in [5.74, 6) is 0.190. The lowest BCUT2D eigenvalue weighted by Gasteiger charge is -2.09. The Bertz CT molecular complexity index is 1130. The minimum Gasteiger partial charge on any atom is -0.379 e. The predicted octanol–water partition coefficient (Wildman–Crippen LogP) is 3.35. The van der Waals surface area contributed by atoms with Gasteiger partial charge >= 0.3 is 0 Å². The van der Waals surface area contributed by atoms with Gasteiger partial charge < -0.3 is 15.6 Å². The molecule has 0 spiro atoms. The maximum absolute atomic E-state index is 12.3. The monoisotopic (exact) mass is 407 g/mol. The van der Waals surface area contributed by atoms with Gasteiger partial charge in [0.2, 0.25) is 5.91 Å². The highest BCUT2D eigenvalue weighted by Crippen LogP contribution is 2.23. The molecule has 3 N–H and O–H groups in total. The van der Waals surface area contributed by atoms with E-state index in [1.54, 1.807) is 42.5 Å². The summed E-state index contributed by atoms with van der Waals surface area (Å²) in [4.78, 5) is 41.7. The van der Waals surface area contributed by atoms with Gasteiger partial charge in [0.15, 0.2) is 0 Å². The molecule has 154 valence electrons. The summed E-state index contributed by atoms with van der Waals surface area (Å²) < 4.78 is 0. The molecule has 2 aromatic carbocycles. The van der Waals surface area contributed by atoms with E-state index in [9.17, 15) is 19.7 Å². The molecule has 0 radical (unpaired) electrons. The smallest absolute Gasteiger partial charge is 0.292 e. The molecule has 1 heterocycles. The Hall–Kier alpha value is -4.01. The zero-order valence-electron chi connectivity index (χ0n) is 16.3. The zero-order valence-corrected chi connectivity index (χ0v) is 16.3. The summed E-state index contributed by atoms with van der Waals surface area (Å²) in [5.41, 5.74) is 2.02. The fourth-order valence-electron chi connectivity index (χ4n) is 2.89. The average molecular weight is 407 g/mol. The van der Waals surface area contributed by atoms with E-state index >= 15 is 0 Å². The van der Waals surface area contributed by atoms with Crippen LogP contribution in [-0.4, -0.2) is 27.3 Å². The average Bonchev–Trinajstić information content (AvgIpc) is 2.73. The fourth-order valence-corrected chi connectivity index (χ4v) is 2.89. The number of aromatic amines is 1. The number of carbonyl (C=O) groups is 1. The molecule has 0 bridgehead atoms. The second-order valence-electron chi connectivity index (χ2n) is 6.52. The molecule has 1 amide bonds. The first kappa shape index (κ1) is 20.7. The molecule has 30 heavy (non-hydrogen) atoms. The van der Waals surface area contributed by atoms with Crippen molar-refractivity contribution < 1.29 is 9.72 Å². The summed E-state index contributed by atoms with van der Waals surface area (Å²) in [5, 5.41) is 16.7. The number of nitrogens with zero attached hydrogens (tertiary/aromatic N) is 2. The molecule has 9 nitrogen and oxygen atoms in total. The first-order valence-corrected chi connectivity index (χ1v) is 9.44. The number of aryl methyl sites for hydroxylation is 1. The van der Waals surface area contributed by atoms with Gasteiger partial charge in [0.1, 0.15) is 11.5 Å². The Morgan fingerprint density at radius 1 is 1.17 bits per heavy atom. The maximum atomic E-state index is 12.3. The molecule has 9 heteroatoms. The molecule has 0 atom stereocenters. The van der Waals surface area contributed by atoms with E-state index < -0.39 is 4.92 Å². The Labute approximate surface area is 172 Å². The molecular formula is C21H21N5O4. The quantitative estimate of drug-likeness (QED) is 0.388. The minimum atomic E-state index is -0.472. The van der Waals surface area contributed by atoms with Crippen LogP contribution in [0.4, 0.5) is 17.1 Å². The highest BCUT2D eigenvalue weighted by molar-refractivity contribution is 5.91. The molecule has 0 aliphatic heterocycles. The van der Waals surface area contributed by atoms with Crippen molar-refractivity contribution in [2.45, 2.75) is 19.8 Å². The van der Waals surface area contributed by atoms with Crippen LogP contribution >= 0.6 is 0 Å². The van der Waals surface area contributed by atoms with Crippen LogP contribution in [0.1, 0.15) is 19.0 Å². The molecule has 3 aromatic rings. The summed E-state index contributed by atoms with van der Waals surface area (Å²) in [6, 6.07) is 14.7. The molecule has 0 saturated heterocycles. The molecule has 1 aromatic heterocycles. The third-order valence-corrected chi connectivity index (χ3v) is 4.34. The van der Waals surface area contributed by atoms with Crippen LogP contribution < -0.4 is 16.2 Å². The molecule has 0 fully saturated rings. The maximum Gasteiger partial charge on any atom is 0.292 e. The van der Waals surface area contributed by atoms with Crippen molar-refractivity contribution >= 4 is 23.0 Å². The predicted molar refractivity (Wildman–Crippen MR) is 115 cm³/mol. The van der Waals surface area contributed by atoms with Crippen LogP contribution in [0.3, 0.4) is 0 Å². The molecular weight excluding hydrogens is 386 g/mol. The van der Waals surface area contributed by atoms with Crippen LogP contribution in [0.2, 0.25) is 0 Å². The molecule has 0 saturated carbocycles. The van der Waals surface area contributed by atoms with Crippen molar-refractivity contribution in [3.05, 3.63) is 80.8 Å². The Balaban J connectivity index is 1.63. The number of H-pyrrole nitrogens is 1. The lowest BCUT2D eigenvalue weighted by molar-refractivity contribution is -0.384. The van der Waals surface area contributed by atoms with E-state index in [1.165, 1.54) is 12.1 Å². The summed E-state index contributed by atoms with van der Waals surface area (Å²) in [7, 11) is 0. The van der Waals surface area contributed by atoms with Gasteiger partial charge in [-0.25, -0.2) is 4.98 Å². The molecule has 0 unspecified atom stereocenters. The van der Waals surface area contributed by atoms with Crippen LogP contribution in [0.25, 0.3) is 11.4 Å². The van der Waals surface area contributed by atoms with Gasteiger partial charge in [-0.05, 0) is 24.6 Å². The van der Waals surface area contributed by atoms with Crippen molar-refractivity contribution in [2.24, 2.45) is 0 Å². The number of carbonyl (C=O) groups excluding carboxylic acids is 1. The largest absolute Gasteiger partial charge is 0.379 e. The number of nitro groups is 1. The number of aromatic nitrogens is 2. The lowest BCUT2D eigenvalue weighted by Crippen LogP contribution is -2.16. The number of hydrogen-bond acceptors (Lipinski definition) is 6. The van der Waals surface area contributed by atoms with Crippen LogP contribution in [0.5, 0.6) is 0 Å². The Morgan fingerprint density at radius 2 is 1.97 bits per heavy atom. The first-order valence-electron chi connectivity index (χ1n) is 9.44. The van der Waals surface area contributed by atoms with E-state index in [4.69, 9.17) is 0 Å². The normalized spacial score (nSPS) is 10.4. The molecule has 0 aliphatic carbocycles. The van der Waals surface area contributed by atoms with E-state index in [0.717, 1.165) is 0 Å². The Morgan fingerprint density at radius 3 is 2.73 bits per heavy atom. The lowest BCUT2D eigenvalue weighted by atomic mass is 10.1. The van der Waals surface area contributed by atoms with E-state index in [1.807, 2.05) is 6.92 Å². The fraction of sp³-hybridized carbons (Fsp3) is 0.190. The zero-order chi connectivity index (χ0) is 21.5. The van der Waals surface area contributed by atoms with Crippen molar-refractivity contribution in [2.75, 3.05) is 17.2 Å². The standard InChI is InChI=1S/C21H21N5O4/c1-2-15-13-20(28)25-21(24-15)14-6-5-7-16(12-14)23-19(27)10-11-22-17-8-3-4-9-18(17)26(29)30/h3-9,12-13,22H,2,10-11H2,1H3,(H,23,27)(H,24,25,28). The Kier molecular flexibility index (Phi) is 6.53. The third-order valence-electron chi connectivity index (χ3n) is 4.34. The number of para-hydroxylation sites is 2. The second-order valence-corrected chi connectivity index (χ2v) is 6.52. The van der Waals surface area contributed by atoms with Gasteiger partial charge in [0.25, 0.3) is 11.2 Å².